The molecule has 0 unspecified atom stereocenters. The number of amides is 1. The highest BCUT2D eigenvalue weighted by Gasteiger charge is 2.39. The highest BCUT2D eigenvalue weighted by molar-refractivity contribution is 6.60. The van der Waals surface area contributed by atoms with Crippen molar-refractivity contribution in [2.45, 2.75) is 53.7 Å². The van der Waals surface area contributed by atoms with Gasteiger partial charge < -0.3 is 33.3 Å². The van der Waals surface area contributed by atoms with E-state index in [1.54, 1.807) is 18.2 Å². The molecule has 2 rings (SSSR count). The molecule has 2 N–H and O–H groups in total. The predicted octanol–water partition coefficient (Wildman–Crippen LogP) is 5.56. The number of rotatable bonds is 17. The SMILES string of the molecule is CCO[Si](CCCNC(=O)OCc1ccc(C(=O)O)c(-c2cccc(N(CC)CC)c2)c1)(OCC)OCC. The van der Waals surface area contributed by atoms with E-state index in [1.165, 1.54) is 0 Å². The zero-order chi connectivity index (χ0) is 28.0. The van der Waals surface area contributed by atoms with Crippen LogP contribution in [0, 0.1) is 0 Å². The predicted molar refractivity (Wildman–Crippen MR) is 151 cm³/mol. The quantitative estimate of drug-likeness (QED) is 0.196. The zero-order valence-electron chi connectivity index (χ0n) is 23.2. The summed E-state index contributed by atoms with van der Waals surface area (Å²) in [5.41, 5.74) is 3.29. The highest BCUT2D eigenvalue weighted by Crippen LogP contribution is 2.29. The van der Waals surface area contributed by atoms with Crippen LogP contribution in [0.4, 0.5) is 10.5 Å². The number of benzene rings is 2. The third-order valence-corrected chi connectivity index (χ3v) is 9.14. The third-order valence-electron chi connectivity index (χ3n) is 5.99. The number of hydrogen-bond donors (Lipinski definition) is 2. The summed E-state index contributed by atoms with van der Waals surface area (Å²) in [6.45, 7) is 13.5. The number of hydrogen-bond acceptors (Lipinski definition) is 7. The van der Waals surface area contributed by atoms with E-state index in [-0.39, 0.29) is 12.2 Å². The molecular formula is C28H42N2O7Si. The molecule has 0 saturated heterocycles. The van der Waals surface area contributed by atoms with Crippen LogP contribution < -0.4 is 10.2 Å². The molecule has 0 aliphatic carbocycles. The van der Waals surface area contributed by atoms with Gasteiger partial charge >= 0.3 is 20.9 Å². The van der Waals surface area contributed by atoms with Gasteiger partial charge in [-0.2, -0.15) is 0 Å². The fraction of sp³-hybridized carbons (Fsp3) is 0.500. The fourth-order valence-electron chi connectivity index (χ4n) is 4.26. The van der Waals surface area contributed by atoms with Crippen molar-refractivity contribution in [3.8, 4) is 11.1 Å². The Morgan fingerprint density at radius 3 is 2.16 bits per heavy atom. The monoisotopic (exact) mass is 546 g/mol. The molecule has 0 heterocycles. The van der Waals surface area contributed by atoms with E-state index in [9.17, 15) is 14.7 Å². The van der Waals surface area contributed by atoms with Crippen LogP contribution in [-0.4, -0.2) is 65.4 Å². The number of nitrogens with zero attached hydrogens (tertiary/aromatic N) is 1. The van der Waals surface area contributed by atoms with Crippen molar-refractivity contribution in [1.29, 1.82) is 0 Å². The van der Waals surface area contributed by atoms with E-state index in [2.05, 4.69) is 24.1 Å². The second-order valence-electron chi connectivity index (χ2n) is 8.50. The molecule has 0 aliphatic rings. The molecule has 10 heteroatoms. The minimum absolute atomic E-state index is 0.0179. The standard InChI is InChI=1S/C28H42N2O7Si/c1-6-30(7-2)24-14-11-13-23(20-24)26-19-22(15-16-25(26)27(31)32)21-34-28(33)29-17-12-18-38(35-8-3,36-9-4)37-10-5/h11,13-16,19-20H,6-10,12,17-18,21H2,1-5H3,(H,29,33)(H,31,32). The van der Waals surface area contributed by atoms with Gasteiger partial charge in [-0.15, -0.1) is 0 Å². The summed E-state index contributed by atoms with van der Waals surface area (Å²) < 4.78 is 22.9. The van der Waals surface area contributed by atoms with Crippen LogP contribution in [0.1, 0.15) is 57.0 Å². The number of carbonyl (C=O) groups excluding carboxylic acids is 1. The molecule has 0 saturated carbocycles. The summed E-state index contributed by atoms with van der Waals surface area (Å²) in [5, 5.41) is 12.5. The van der Waals surface area contributed by atoms with Crippen LogP contribution in [0.3, 0.4) is 0 Å². The molecule has 2 aromatic rings. The largest absolute Gasteiger partial charge is 0.500 e. The molecule has 1 amide bonds. The summed E-state index contributed by atoms with van der Waals surface area (Å²) >= 11 is 0. The summed E-state index contributed by atoms with van der Waals surface area (Å²) in [7, 11) is -2.75. The van der Waals surface area contributed by atoms with Gasteiger partial charge in [-0.25, -0.2) is 9.59 Å². The lowest BCUT2D eigenvalue weighted by Gasteiger charge is -2.28. The van der Waals surface area contributed by atoms with Gasteiger partial charge in [0, 0.05) is 51.2 Å². The summed E-state index contributed by atoms with van der Waals surface area (Å²) in [4.78, 5) is 26.4. The van der Waals surface area contributed by atoms with Gasteiger partial charge in [0.2, 0.25) is 0 Å². The van der Waals surface area contributed by atoms with E-state index in [4.69, 9.17) is 18.0 Å². The molecule has 0 fully saturated rings. The number of carboxylic acids is 1. The van der Waals surface area contributed by atoms with Gasteiger partial charge in [0.1, 0.15) is 6.61 Å². The van der Waals surface area contributed by atoms with Crippen molar-refractivity contribution >= 4 is 26.6 Å². The Morgan fingerprint density at radius 2 is 1.58 bits per heavy atom. The van der Waals surface area contributed by atoms with Crippen LogP contribution in [-0.2, 0) is 24.6 Å². The first-order chi connectivity index (χ1) is 18.3. The first-order valence-electron chi connectivity index (χ1n) is 13.4. The molecule has 0 radical (unpaired) electrons. The molecule has 0 atom stereocenters. The molecule has 210 valence electrons. The maximum Gasteiger partial charge on any atom is 0.500 e. The normalized spacial score (nSPS) is 11.3. The Morgan fingerprint density at radius 1 is 0.921 bits per heavy atom. The maximum atomic E-state index is 12.3. The van der Waals surface area contributed by atoms with Crippen LogP contribution in [0.15, 0.2) is 42.5 Å². The topological polar surface area (TPSA) is 107 Å². The van der Waals surface area contributed by atoms with Crippen molar-refractivity contribution in [3.63, 3.8) is 0 Å². The summed E-state index contributed by atoms with van der Waals surface area (Å²) in [5.74, 6) is -1.01. The van der Waals surface area contributed by atoms with Gasteiger partial charge in [0.05, 0.1) is 5.56 Å². The first kappa shape index (κ1) is 31.3. The lowest BCUT2D eigenvalue weighted by atomic mass is 9.97. The Hall–Kier alpha value is -2.92. The average molecular weight is 547 g/mol. The van der Waals surface area contributed by atoms with Gasteiger partial charge in [0.25, 0.3) is 0 Å². The van der Waals surface area contributed by atoms with E-state index >= 15 is 0 Å². The number of aromatic carboxylic acids is 1. The van der Waals surface area contributed by atoms with Crippen LogP contribution in [0.25, 0.3) is 11.1 Å². The minimum atomic E-state index is -2.75. The van der Waals surface area contributed by atoms with E-state index in [0.29, 0.717) is 50.0 Å². The Labute approximate surface area is 227 Å². The van der Waals surface area contributed by atoms with Gasteiger partial charge in [0.15, 0.2) is 0 Å². The summed E-state index contributed by atoms with van der Waals surface area (Å²) in [6.07, 6.45) is 0.0793. The molecule has 9 nitrogen and oxygen atoms in total. The van der Waals surface area contributed by atoms with E-state index in [0.717, 1.165) is 24.3 Å². The molecule has 0 bridgehead atoms. The number of nitrogens with one attached hydrogen (secondary N) is 1. The third kappa shape index (κ3) is 9.12. The van der Waals surface area contributed by atoms with Gasteiger partial charge in [-0.3, -0.25) is 0 Å². The fourth-order valence-corrected chi connectivity index (χ4v) is 6.87. The second-order valence-corrected chi connectivity index (χ2v) is 11.2. The Balaban J connectivity index is 2.03. The lowest BCUT2D eigenvalue weighted by molar-refractivity contribution is 0.0692. The molecule has 38 heavy (non-hydrogen) atoms. The Kier molecular flexibility index (Phi) is 13.3. The Bertz CT molecular complexity index is 1010. The average Bonchev–Trinajstić information content (AvgIpc) is 2.91. The van der Waals surface area contributed by atoms with Crippen molar-refractivity contribution in [2.75, 3.05) is 44.4 Å². The molecular weight excluding hydrogens is 504 g/mol. The molecule has 0 aliphatic heterocycles. The smallest absolute Gasteiger partial charge is 0.478 e. The van der Waals surface area contributed by atoms with Crippen molar-refractivity contribution in [3.05, 3.63) is 53.6 Å². The molecule has 0 aromatic heterocycles. The number of ether oxygens (including phenoxy) is 1. The number of carbonyl (C=O) groups is 2. The van der Waals surface area contributed by atoms with Crippen LogP contribution in [0.5, 0.6) is 0 Å². The second kappa shape index (κ2) is 16.1. The van der Waals surface area contributed by atoms with Crippen LogP contribution >= 0.6 is 0 Å². The number of anilines is 1. The zero-order valence-corrected chi connectivity index (χ0v) is 24.2. The summed E-state index contributed by atoms with van der Waals surface area (Å²) in [6, 6.07) is 13.4. The van der Waals surface area contributed by atoms with Crippen molar-refractivity contribution < 1.29 is 32.7 Å². The number of carboxylic acid groups (broad SMARTS) is 1. The van der Waals surface area contributed by atoms with E-state index in [1.807, 2.05) is 45.0 Å². The lowest BCUT2D eigenvalue weighted by Crippen LogP contribution is -2.46. The molecule has 0 spiro atoms. The van der Waals surface area contributed by atoms with Crippen molar-refractivity contribution in [1.82, 2.24) is 5.32 Å². The van der Waals surface area contributed by atoms with Crippen molar-refractivity contribution in [2.24, 2.45) is 0 Å². The minimum Gasteiger partial charge on any atom is -0.478 e. The van der Waals surface area contributed by atoms with Gasteiger partial charge in [-0.05, 0) is 82.0 Å². The highest BCUT2D eigenvalue weighted by atomic mass is 28.4. The first-order valence-corrected chi connectivity index (χ1v) is 15.3. The maximum absolute atomic E-state index is 12.3. The van der Waals surface area contributed by atoms with E-state index < -0.39 is 20.9 Å². The molecule has 2 aromatic carbocycles. The van der Waals surface area contributed by atoms with Crippen LogP contribution in [0.2, 0.25) is 6.04 Å². The van der Waals surface area contributed by atoms with Gasteiger partial charge in [-0.1, -0.05) is 18.2 Å². The number of alkyl carbamates (subject to hydrolysis) is 1.